The summed E-state index contributed by atoms with van der Waals surface area (Å²) in [4.78, 5) is 16.7. The zero-order valence-electron chi connectivity index (χ0n) is 14.8. The van der Waals surface area contributed by atoms with Crippen LogP contribution in [0, 0.1) is 6.92 Å². The van der Waals surface area contributed by atoms with Crippen LogP contribution in [0.5, 0.6) is 0 Å². The van der Waals surface area contributed by atoms with Crippen LogP contribution in [-0.4, -0.2) is 43.5 Å². The third kappa shape index (κ3) is 5.13. The fraction of sp³-hybridized carbons (Fsp3) is 0.350. The molecule has 2 aromatic carbocycles. The third-order valence-electron chi connectivity index (χ3n) is 4.65. The molecule has 0 saturated carbocycles. The number of carbonyl (C=O) groups is 1. The highest BCUT2D eigenvalue weighted by Crippen LogP contribution is 2.25. The van der Waals surface area contributed by atoms with Gasteiger partial charge >= 0.3 is 0 Å². The van der Waals surface area contributed by atoms with Gasteiger partial charge in [0.05, 0.1) is 6.54 Å². The van der Waals surface area contributed by atoms with Crippen molar-refractivity contribution in [2.24, 2.45) is 0 Å². The van der Waals surface area contributed by atoms with Crippen molar-refractivity contribution in [2.45, 2.75) is 13.5 Å². The summed E-state index contributed by atoms with van der Waals surface area (Å²) < 4.78 is 0. The van der Waals surface area contributed by atoms with Gasteiger partial charge in [0.15, 0.2) is 0 Å². The highest BCUT2D eigenvalue weighted by Gasteiger charge is 2.20. The van der Waals surface area contributed by atoms with Gasteiger partial charge in [-0.3, -0.25) is 9.69 Å². The monoisotopic (exact) mass is 391 g/mol. The van der Waals surface area contributed by atoms with Gasteiger partial charge in [0.1, 0.15) is 0 Å². The van der Waals surface area contributed by atoms with Gasteiger partial charge in [-0.2, -0.15) is 0 Å². The van der Waals surface area contributed by atoms with E-state index in [1.54, 1.807) is 0 Å². The van der Waals surface area contributed by atoms with Crippen LogP contribution in [0.25, 0.3) is 0 Å². The highest BCUT2D eigenvalue weighted by molar-refractivity contribution is 6.31. The van der Waals surface area contributed by atoms with Crippen molar-refractivity contribution in [2.75, 3.05) is 37.6 Å². The summed E-state index contributed by atoms with van der Waals surface area (Å²) >= 11 is 12.0. The number of anilines is 1. The van der Waals surface area contributed by atoms with Gasteiger partial charge < -0.3 is 10.2 Å². The molecular formula is C20H23Cl2N3O. The molecule has 1 heterocycles. The number of nitrogens with one attached hydrogen (secondary N) is 1. The molecule has 0 atom stereocenters. The van der Waals surface area contributed by atoms with Gasteiger partial charge in [-0.15, -0.1) is 0 Å². The van der Waals surface area contributed by atoms with Crippen LogP contribution in [0.15, 0.2) is 42.5 Å². The molecule has 0 spiro atoms. The highest BCUT2D eigenvalue weighted by atomic mass is 35.5. The Morgan fingerprint density at radius 2 is 1.65 bits per heavy atom. The fourth-order valence-corrected chi connectivity index (χ4v) is 3.42. The molecular weight excluding hydrogens is 369 g/mol. The van der Waals surface area contributed by atoms with E-state index in [-0.39, 0.29) is 5.91 Å². The minimum Gasteiger partial charge on any atom is -0.369 e. The Bertz CT molecular complexity index is 756. The summed E-state index contributed by atoms with van der Waals surface area (Å²) in [5.41, 5.74) is 3.46. The second-order valence-electron chi connectivity index (χ2n) is 6.60. The van der Waals surface area contributed by atoms with E-state index in [0.717, 1.165) is 36.8 Å². The van der Waals surface area contributed by atoms with E-state index in [4.69, 9.17) is 23.2 Å². The largest absolute Gasteiger partial charge is 0.369 e. The number of benzene rings is 2. The average Bonchev–Trinajstić information content (AvgIpc) is 2.64. The summed E-state index contributed by atoms with van der Waals surface area (Å²) in [6, 6.07) is 13.5. The van der Waals surface area contributed by atoms with Gasteiger partial charge in [0, 0.05) is 48.5 Å². The summed E-state index contributed by atoms with van der Waals surface area (Å²) in [6.45, 7) is 6.56. The molecule has 3 rings (SSSR count). The molecule has 6 heteroatoms. The summed E-state index contributed by atoms with van der Waals surface area (Å²) in [6.07, 6.45) is 0. The molecule has 26 heavy (non-hydrogen) atoms. The smallest absolute Gasteiger partial charge is 0.234 e. The fourth-order valence-electron chi connectivity index (χ4n) is 3.13. The molecule has 0 aromatic heterocycles. The lowest BCUT2D eigenvalue weighted by molar-refractivity contribution is -0.122. The number of halogens is 2. The number of carbonyl (C=O) groups excluding carboxylic acids is 1. The first-order valence-electron chi connectivity index (χ1n) is 8.76. The number of nitrogens with zero attached hydrogens (tertiary/aromatic N) is 2. The minimum absolute atomic E-state index is 0.0485. The predicted molar refractivity (Wildman–Crippen MR) is 108 cm³/mol. The summed E-state index contributed by atoms with van der Waals surface area (Å²) in [5.74, 6) is 0.0485. The first-order chi connectivity index (χ1) is 12.5. The lowest BCUT2D eigenvalue weighted by Gasteiger charge is -2.36. The molecule has 0 bridgehead atoms. The number of aryl methyl sites for hydroxylation is 1. The molecule has 1 N–H and O–H groups in total. The Morgan fingerprint density at radius 1 is 1.00 bits per heavy atom. The average molecular weight is 392 g/mol. The summed E-state index contributed by atoms with van der Waals surface area (Å²) in [5, 5.41) is 4.43. The Hall–Kier alpha value is -1.75. The number of amides is 1. The van der Waals surface area contributed by atoms with E-state index in [2.05, 4.69) is 22.0 Å². The van der Waals surface area contributed by atoms with E-state index < -0.39 is 0 Å². The van der Waals surface area contributed by atoms with E-state index in [0.29, 0.717) is 18.1 Å². The normalized spacial score (nSPS) is 15.1. The lowest BCUT2D eigenvalue weighted by atomic mass is 10.1. The van der Waals surface area contributed by atoms with Crippen molar-refractivity contribution in [1.29, 1.82) is 0 Å². The molecule has 1 fully saturated rings. The van der Waals surface area contributed by atoms with Crippen LogP contribution in [0.1, 0.15) is 11.1 Å². The van der Waals surface area contributed by atoms with Crippen LogP contribution in [-0.2, 0) is 11.3 Å². The number of hydrogen-bond donors (Lipinski definition) is 1. The number of rotatable bonds is 5. The first-order valence-corrected chi connectivity index (χ1v) is 9.51. The van der Waals surface area contributed by atoms with Gasteiger partial charge in [-0.25, -0.2) is 0 Å². The van der Waals surface area contributed by atoms with Crippen molar-refractivity contribution in [3.8, 4) is 0 Å². The second kappa shape index (κ2) is 8.76. The van der Waals surface area contributed by atoms with Gasteiger partial charge in [0.25, 0.3) is 0 Å². The van der Waals surface area contributed by atoms with Gasteiger partial charge in [0.2, 0.25) is 5.91 Å². The molecule has 1 aliphatic heterocycles. The SMILES string of the molecule is Cc1ccc(Cl)cc1N1CCN(CC(=O)NCc2ccc(Cl)cc2)CC1. The Morgan fingerprint density at radius 3 is 2.35 bits per heavy atom. The Kier molecular flexibility index (Phi) is 6.41. The zero-order valence-corrected chi connectivity index (χ0v) is 16.4. The summed E-state index contributed by atoms with van der Waals surface area (Å²) in [7, 11) is 0. The molecule has 138 valence electrons. The van der Waals surface area contributed by atoms with Crippen molar-refractivity contribution >= 4 is 34.8 Å². The maximum absolute atomic E-state index is 12.2. The molecule has 4 nitrogen and oxygen atoms in total. The Balaban J connectivity index is 1.45. The molecule has 0 radical (unpaired) electrons. The van der Waals surface area contributed by atoms with Crippen LogP contribution in [0.4, 0.5) is 5.69 Å². The van der Waals surface area contributed by atoms with E-state index in [9.17, 15) is 4.79 Å². The standard InChI is InChI=1S/C20H23Cl2N3O/c1-15-2-5-18(22)12-19(15)25-10-8-24(9-11-25)14-20(26)23-13-16-3-6-17(21)7-4-16/h2-7,12H,8-11,13-14H2,1H3,(H,23,26). The van der Waals surface area contributed by atoms with Crippen LogP contribution >= 0.6 is 23.2 Å². The van der Waals surface area contributed by atoms with Crippen LogP contribution in [0.3, 0.4) is 0 Å². The van der Waals surface area contributed by atoms with E-state index >= 15 is 0 Å². The van der Waals surface area contributed by atoms with Crippen LogP contribution in [0.2, 0.25) is 10.0 Å². The first kappa shape index (κ1) is 19.0. The molecule has 0 aliphatic carbocycles. The van der Waals surface area contributed by atoms with E-state index in [1.165, 1.54) is 11.3 Å². The maximum Gasteiger partial charge on any atom is 0.234 e. The number of piperazine rings is 1. The Labute approximate surface area is 164 Å². The topological polar surface area (TPSA) is 35.6 Å². The molecule has 1 amide bonds. The van der Waals surface area contributed by atoms with Crippen molar-refractivity contribution in [1.82, 2.24) is 10.2 Å². The van der Waals surface area contributed by atoms with Gasteiger partial charge in [-0.1, -0.05) is 41.4 Å². The molecule has 0 unspecified atom stereocenters. The molecule has 1 aliphatic rings. The zero-order chi connectivity index (χ0) is 18.5. The third-order valence-corrected chi connectivity index (χ3v) is 5.14. The van der Waals surface area contributed by atoms with Gasteiger partial charge in [-0.05, 0) is 42.3 Å². The molecule has 2 aromatic rings. The van der Waals surface area contributed by atoms with Crippen molar-refractivity contribution in [3.63, 3.8) is 0 Å². The van der Waals surface area contributed by atoms with E-state index in [1.807, 2.05) is 42.5 Å². The second-order valence-corrected chi connectivity index (χ2v) is 7.47. The quantitative estimate of drug-likeness (QED) is 0.842. The lowest BCUT2D eigenvalue weighted by Crippen LogP contribution is -2.49. The van der Waals surface area contributed by atoms with Crippen LogP contribution < -0.4 is 10.2 Å². The number of hydrogen-bond acceptors (Lipinski definition) is 3. The van der Waals surface area contributed by atoms with Crippen molar-refractivity contribution in [3.05, 3.63) is 63.6 Å². The maximum atomic E-state index is 12.2. The molecule has 1 saturated heterocycles. The van der Waals surface area contributed by atoms with Crippen molar-refractivity contribution < 1.29 is 4.79 Å². The minimum atomic E-state index is 0.0485. The predicted octanol–water partition coefficient (Wildman–Crippen LogP) is 3.74.